The van der Waals surface area contributed by atoms with Crippen LogP contribution in [0.5, 0.6) is 0 Å². The van der Waals surface area contributed by atoms with E-state index in [0.29, 0.717) is 13.1 Å². The normalized spacial score (nSPS) is 14.1. The molecule has 0 saturated heterocycles. The van der Waals surface area contributed by atoms with Crippen LogP contribution in [0.1, 0.15) is 49.7 Å². The fourth-order valence-corrected chi connectivity index (χ4v) is 4.32. The summed E-state index contributed by atoms with van der Waals surface area (Å²) in [6, 6.07) is 15.0. The molecule has 2 aliphatic heterocycles. The zero-order valence-electron chi connectivity index (χ0n) is 21.8. The number of hydrogen-bond donors (Lipinski definition) is 6. The van der Waals surface area contributed by atoms with E-state index in [2.05, 4.69) is 41.9 Å². The molecule has 4 rings (SSSR count). The number of benzene rings is 2. The molecule has 0 spiro atoms. The Bertz CT molecular complexity index is 1020. The van der Waals surface area contributed by atoms with Crippen LogP contribution in [0.4, 0.5) is 21.0 Å². The van der Waals surface area contributed by atoms with Crippen LogP contribution in [0.2, 0.25) is 0 Å². The average Bonchev–Trinajstić information content (AvgIpc) is 3.66. The second-order valence-electron chi connectivity index (χ2n) is 9.35. The highest BCUT2D eigenvalue weighted by atomic mass is 16.2. The highest BCUT2D eigenvalue weighted by Crippen LogP contribution is 2.12. The van der Waals surface area contributed by atoms with Gasteiger partial charge in [0.05, 0.1) is 13.1 Å². The lowest BCUT2D eigenvalue weighted by molar-refractivity contribution is 0.251. The second-order valence-corrected chi connectivity index (χ2v) is 9.35. The van der Waals surface area contributed by atoms with Gasteiger partial charge in [0.2, 0.25) is 0 Å². The van der Waals surface area contributed by atoms with E-state index in [0.717, 1.165) is 98.9 Å². The predicted octanol–water partition coefficient (Wildman–Crippen LogP) is 3.67. The van der Waals surface area contributed by atoms with E-state index in [1.807, 2.05) is 48.5 Å². The molecule has 4 amide bonds. The third kappa shape index (κ3) is 8.79. The zero-order valence-corrected chi connectivity index (χ0v) is 21.8. The smallest absolute Gasteiger partial charge is 0.319 e. The average molecular weight is 519 g/mol. The molecule has 2 aromatic carbocycles. The quantitative estimate of drug-likeness (QED) is 0.226. The molecule has 0 aliphatic carbocycles. The Morgan fingerprint density at radius 2 is 1.00 bits per heavy atom. The Morgan fingerprint density at radius 3 is 1.37 bits per heavy atom. The van der Waals surface area contributed by atoms with Crippen LogP contribution in [0.25, 0.3) is 0 Å². The molecule has 10 heteroatoms. The summed E-state index contributed by atoms with van der Waals surface area (Å²) in [7, 11) is 0. The van der Waals surface area contributed by atoms with E-state index in [-0.39, 0.29) is 12.1 Å². The van der Waals surface area contributed by atoms with Crippen LogP contribution >= 0.6 is 0 Å². The largest absolute Gasteiger partial charge is 0.368 e. The van der Waals surface area contributed by atoms with Gasteiger partial charge in [-0.25, -0.2) is 9.59 Å². The first-order valence-electron chi connectivity index (χ1n) is 13.5. The van der Waals surface area contributed by atoms with Crippen molar-refractivity contribution in [3.63, 3.8) is 0 Å². The molecule has 0 aromatic heterocycles. The first kappa shape index (κ1) is 27.0. The van der Waals surface area contributed by atoms with Gasteiger partial charge in [-0.1, -0.05) is 25.7 Å². The summed E-state index contributed by atoms with van der Waals surface area (Å²) in [5.74, 6) is 1.82. The maximum atomic E-state index is 12.1. The summed E-state index contributed by atoms with van der Waals surface area (Å²) in [6.45, 7) is 4.66. The van der Waals surface area contributed by atoms with Gasteiger partial charge in [0.1, 0.15) is 11.7 Å². The van der Waals surface area contributed by atoms with Gasteiger partial charge in [-0.15, -0.1) is 0 Å². The molecule has 0 atom stereocenters. The van der Waals surface area contributed by atoms with Crippen molar-refractivity contribution in [1.82, 2.24) is 21.3 Å². The van der Waals surface area contributed by atoms with Gasteiger partial charge in [0, 0.05) is 48.7 Å². The Hall–Kier alpha value is -4.08. The SMILES string of the molecule is O=C(NCCCCCCCCNC(=O)Nc1ccc(C2=NCCN2)cc1)Nc1ccc(C2=NCCN2)cc1. The number of nitrogens with one attached hydrogen (secondary N) is 6. The first-order chi connectivity index (χ1) is 18.7. The third-order valence-corrected chi connectivity index (χ3v) is 6.36. The number of amides is 4. The summed E-state index contributed by atoms with van der Waals surface area (Å²) in [5.41, 5.74) is 3.58. The van der Waals surface area contributed by atoms with E-state index in [4.69, 9.17) is 0 Å². The minimum atomic E-state index is -0.186. The van der Waals surface area contributed by atoms with Crippen molar-refractivity contribution >= 4 is 35.1 Å². The number of carbonyl (C=O) groups excluding carboxylic acids is 2. The number of amidine groups is 2. The summed E-state index contributed by atoms with van der Waals surface area (Å²) in [5, 5.41) is 18.0. The fourth-order valence-electron chi connectivity index (χ4n) is 4.32. The van der Waals surface area contributed by atoms with E-state index >= 15 is 0 Å². The molecule has 10 nitrogen and oxygen atoms in total. The van der Waals surface area contributed by atoms with Gasteiger partial charge in [-0.3, -0.25) is 9.98 Å². The van der Waals surface area contributed by atoms with E-state index in [9.17, 15) is 9.59 Å². The van der Waals surface area contributed by atoms with Gasteiger partial charge in [0.25, 0.3) is 0 Å². The highest BCUT2D eigenvalue weighted by Gasteiger charge is 2.09. The van der Waals surface area contributed by atoms with Crippen LogP contribution in [-0.4, -0.2) is 63.0 Å². The van der Waals surface area contributed by atoms with Crippen LogP contribution in [-0.2, 0) is 0 Å². The molecule has 38 heavy (non-hydrogen) atoms. The lowest BCUT2D eigenvalue weighted by Gasteiger charge is -2.09. The minimum Gasteiger partial charge on any atom is -0.368 e. The number of hydrogen-bond acceptors (Lipinski definition) is 6. The molecular weight excluding hydrogens is 480 g/mol. The molecule has 0 saturated carbocycles. The number of nitrogens with zero attached hydrogens (tertiary/aromatic N) is 2. The summed E-state index contributed by atoms with van der Waals surface area (Å²) in [6.07, 6.45) is 6.25. The van der Waals surface area contributed by atoms with Gasteiger partial charge >= 0.3 is 12.1 Å². The standard InChI is InChI=1S/C28H38N8O2/c37-27(35-23-11-7-21(8-12-23)25-29-17-18-30-25)33-15-5-3-1-2-4-6-16-34-28(38)36-24-13-9-22(10-14-24)26-31-19-20-32-26/h7-14H,1-6,15-20H2,(H,29,30)(H,31,32)(H2,33,35,37)(H2,34,36,38). The molecule has 6 N–H and O–H groups in total. The van der Waals surface area contributed by atoms with Gasteiger partial charge in [0.15, 0.2) is 0 Å². The van der Waals surface area contributed by atoms with Crippen LogP contribution in [0, 0.1) is 0 Å². The van der Waals surface area contributed by atoms with Crippen molar-refractivity contribution < 1.29 is 9.59 Å². The number of rotatable bonds is 13. The van der Waals surface area contributed by atoms with Gasteiger partial charge < -0.3 is 31.9 Å². The molecule has 2 aliphatic rings. The van der Waals surface area contributed by atoms with Crippen molar-refractivity contribution in [2.75, 3.05) is 49.9 Å². The Morgan fingerprint density at radius 1 is 0.605 bits per heavy atom. The Labute approximate surface area is 224 Å². The fraction of sp³-hybridized carbons (Fsp3) is 0.429. The monoisotopic (exact) mass is 518 g/mol. The summed E-state index contributed by atoms with van der Waals surface area (Å²) in [4.78, 5) is 33.0. The topological polar surface area (TPSA) is 131 Å². The lowest BCUT2D eigenvalue weighted by Crippen LogP contribution is -2.29. The van der Waals surface area contributed by atoms with Gasteiger partial charge in [-0.2, -0.15) is 0 Å². The van der Waals surface area contributed by atoms with Gasteiger partial charge in [-0.05, 0) is 61.4 Å². The molecule has 202 valence electrons. The van der Waals surface area contributed by atoms with Crippen molar-refractivity contribution in [3.8, 4) is 0 Å². The zero-order chi connectivity index (χ0) is 26.4. The van der Waals surface area contributed by atoms with Crippen molar-refractivity contribution in [1.29, 1.82) is 0 Å². The van der Waals surface area contributed by atoms with Crippen molar-refractivity contribution in [2.45, 2.75) is 38.5 Å². The summed E-state index contributed by atoms with van der Waals surface area (Å²) < 4.78 is 0. The molecule has 0 fully saturated rings. The molecule has 0 radical (unpaired) electrons. The van der Waals surface area contributed by atoms with E-state index in [1.165, 1.54) is 0 Å². The molecule has 0 bridgehead atoms. The lowest BCUT2D eigenvalue weighted by atomic mass is 10.1. The molecular formula is C28H38N8O2. The van der Waals surface area contributed by atoms with Crippen molar-refractivity contribution in [2.24, 2.45) is 9.98 Å². The molecule has 0 unspecified atom stereocenters. The third-order valence-electron chi connectivity index (χ3n) is 6.36. The second kappa shape index (κ2) is 14.6. The number of aliphatic imine (C=N–C) groups is 2. The minimum absolute atomic E-state index is 0.186. The summed E-state index contributed by atoms with van der Waals surface area (Å²) >= 11 is 0. The maximum absolute atomic E-state index is 12.1. The van der Waals surface area contributed by atoms with E-state index in [1.54, 1.807) is 0 Å². The van der Waals surface area contributed by atoms with E-state index < -0.39 is 0 Å². The Kier molecular flexibility index (Phi) is 10.4. The molecule has 2 heterocycles. The Balaban J connectivity index is 0.968. The van der Waals surface area contributed by atoms with Crippen LogP contribution in [0.15, 0.2) is 58.5 Å². The van der Waals surface area contributed by atoms with Crippen LogP contribution in [0.3, 0.4) is 0 Å². The van der Waals surface area contributed by atoms with Crippen LogP contribution < -0.4 is 31.9 Å². The predicted molar refractivity (Wildman–Crippen MR) is 153 cm³/mol. The number of carbonyl (C=O) groups is 2. The first-order valence-corrected chi connectivity index (χ1v) is 13.5. The maximum Gasteiger partial charge on any atom is 0.319 e. The number of unbranched alkanes of at least 4 members (excludes halogenated alkanes) is 5. The molecule has 2 aromatic rings. The highest BCUT2D eigenvalue weighted by molar-refractivity contribution is 6.01. The number of anilines is 2. The van der Waals surface area contributed by atoms with Crippen molar-refractivity contribution in [3.05, 3.63) is 59.7 Å². The number of urea groups is 2.